The number of unbranched alkanes of at least 4 members (excludes halogenated alkanes) is 1. The molecule has 0 aliphatic heterocycles. The van der Waals surface area contributed by atoms with E-state index in [1.54, 1.807) is 6.08 Å². The monoisotopic (exact) mass is 275 g/mol. The average molecular weight is 275 g/mol. The molecule has 0 atom stereocenters. The fourth-order valence-electron chi connectivity index (χ4n) is 2.15. The van der Waals surface area contributed by atoms with E-state index >= 15 is 0 Å². The molecule has 2 nitrogen and oxygen atoms in total. The Bertz CT molecular complexity index is 651. The van der Waals surface area contributed by atoms with Gasteiger partial charge >= 0.3 is 0 Å². The Morgan fingerprint density at radius 3 is 2.10 bits per heavy atom. The minimum Gasteiger partial charge on any atom is -0.289 e. The zero-order valence-corrected chi connectivity index (χ0v) is 11.8. The summed E-state index contributed by atoms with van der Waals surface area (Å²) in [6, 6.07) is 21.3. The Labute approximate surface area is 125 Å². The number of rotatable bonds is 6. The first kappa shape index (κ1) is 14.7. The molecule has 0 heterocycles. The van der Waals surface area contributed by atoms with Crippen LogP contribution >= 0.6 is 0 Å². The first-order chi connectivity index (χ1) is 10.3. The van der Waals surface area contributed by atoms with Crippen molar-refractivity contribution >= 4 is 11.4 Å². The second kappa shape index (κ2) is 7.81. The minimum absolute atomic E-state index is 0.00594. The van der Waals surface area contributed by atoms with Crippen LogP contribution in [0, 0.1) is 11.3 Å². The molecule has 0 unspecified atom stereocenters. The summed E-state index contributed by atoms with van der Waals surface area (Å²) in [5.74, 6) is 0.00594. The number of nitrogens with zero attached hydrogens (tertiary/aromatic N) is 1. The molecule has 0 bridgehead atoms. The molecule has 0 saturated carbocycles. The van der Waals surface area contributed by atoms with E-state index in [2.05, 4.69) is 6.07 Å². The van der Waals surface area contributed by atoms with Crippen molar-refractivity contribution in [1.29, 1.82) is 5.26 Å². The summed E-state index contributed by atoms with van der Waals surface area (Å²) in [6.45, 7) is 0. The molecule has 2 rings (SSSR count). The molecule has 0 fully saturated rings. The lowest BCUT2D eigenvalue weighted by Gasteiger charge is -2.07. The lowest BCUT2D eigenvalue weighted by atomic mass is 9.97. The van der Waals surface area contributed by atoms with Crippen LogP contribution in [0.1, 0.15) is 35.2 Å². The van der Waals surface area contributed by atoms with Gasteiger partial charge in [0.1, 0.15) is 0 Å². The summed E-state index contributed by atoms with van der Waals surface area (Å²) < 4.78 is 0. The largest absolute Gasteiger partial charge is 0.289 e. The number of hydrogen-bond donors (Lipinski definition) is 0. The third kappa shape index (κ3) is 4.43. The molecule has 0 radical (unpaired) electrons. The molecule has 2 aromatic carbocycles. The number of nitriles is 1. The zero-order chi connectivity index (χ0) is 14.9. The van der Waals surface area contributed by atoms with E-state index in [9.17, 15) is 4.79 Å². The lowest BCUT2D eigenvalue weighted by Crippen LogP contribution is -1.96. The smallest absolute Gasteiger partial charge is 0.186 e. The number of ketones is 1. The van der Waals surface area contributed by atoms with Gasteiger partial charge in [0.05, 0.1) is 6.07 Å². The van der Waals surface area contributed by atoms with Crippen LogP contribution in [0.5, 0.6) is 0 Å². The van der Waals surface area contributed by atoms with Crippen LogP contribution in [0.3, 0.4) is 0 Å². The molecule has 21 heavy (non-hydrogen) atoms. The number of carbonyl (C=O) groups excluding carboxylic acids is 1. The predicted molar refractivity (Wildman–Crippen MR) is 84.7 cm³/mol. The molecule has 0 aromatic heterocycles. The van der Waals surface area contributed by atoms with Gasteiger partial charge < -0.3 is 0 Å². The molecule has 0 aliphatic carbocycles. The van der Waals surface area contributed by atoms with Gasteiger partial charge in [-0.05, 0) is 30.1 Å². The van der Waals surface area contributed by atoms with Crippen LogP contribution in [-0.4, -0.2) is 5.78 Å². The molecule has 0 N–H and O–H groups in total. The Hall–Kier alpha value is -2.66. The Kier molecular flexibility index (Phi) is 5.49. The molecular formula is C19H17NO. The van der Waals surface area contributed by atoms with Crippen molar-refractivity contribution < 1.29 is 4.79 Å². The van der Waals surface area contributed by atoms with Gasteiger partial charge in [-0.2, -0.15) is 5.26 Å². The van der Waals surface area contributed by atoms with Gasteiger partial charge in [-0.25, -0.2) is 0 Å². The lowest BCUT2D eigenvalue weighted by molar-refractivity contribution is 0.104. The van der Waals surface area contributed by atoms with Gasteiger partial charge in [0.15, 0.2) is 5.78 Å². The van der Waals surface area contributed by atoms with E-state index in [0.717, 1.165) is 24.0 Å². The van der Waals surface area contributed by atoms with Crippen LogP contribution in [0.15, 0.2) is 66.7 Å². The molecule has 0 aliphatic rings. The minimum atomic E-state index is 0.00594. The topological polar surface area (TPSA) is 40.9 Å². The zero-order valence-electron chi connectivity index (χ0n) is 11.8. The van der Waals surface area contributed by atoms with Gasteiger partial charge in [0.25, 0.3) is 0 Å². The highest BCUT2D eigenvalue weighted by molar-refractivity contribution is 6.08. The summed E-state index contributed by atoms with van der Waals surface area (Å²) in [4.78, 5) is 12.3. The van der Waals surface area contributed by atoms with E-state index in [-0.39, 0.29) is 5.78 Å². The van der Waals surface area contributed by atoms with Crippen LogP contribution < -0.4 is 0 Å². The number of allylic oxidation sites excluding steroid dienone is 2. The maximum atomic E-state index is 12.3. The molecule has 2 aromatic rings. The third-order valence-corrected chi connectivity index (χ3v) is 3.24. The highest BCUT2D eigenvalue weighted by Crippen LogP contribution is 2.21. The highest BCUT2D eigenvalue weighted by Gasteiger charge is 2.06. The summed E-state index contributed by atoms with van der Waals surface area (Å²) >= 11 is 0. The van der Waals surface area contributed by atoms with Crippen molar-refractivity contribution in [2.75, 3.05) is 0 Å². The number of benzene rings is 2. The fraction of sp³-hybridized carbons (Fsp3) is 0.158. The number of carbonyl (C=O) groups is 1. The van der Waals surface area contributed by atoms with Gasteiger partial charge in [-0.3, -0.25) is 4.79 Å². The van der Waals surface area contributed by atoms with Crippen LogP contribution in [-0.2, 0) is 0 Å². The second-order valence-electron chi connectivity index (χ2n) is 4.78. The predicted octanol–water partition coefficient (Wildman–Crippen LogP) is 4.65. The normalized spacial score (nSPS) is 10.9. The first-order valence-electron chi connectivity index (χ1n) is 7.03. The molecule has 0 saturated heterocycles. The summed E-state index contributed by atoms with van der Waals surface area (Å²) in [6.07, 6.45) is 3.70. The van der Waals surface area contributed by atoms with Gasteiger partial charge in [0, 0.05) is 12.0 Å². The molecular weight excluding hydrogens is 258 g/mol. The van der Waals surface area contributed by atoms with Crippen molar-refractivity contribution in [2.24, 2.45) is 0 Å². The number of hydrogen-bond acceptors (Lipinski definition) is 2. The van der Waals surface area contributed by atoms with Gasteiger partial charge in [-0.1, -0.05) is 60.7 Å². The molecule has 2 heteroatoms. The van der Waals surface area contributed by atoms with Crippen molar-refractivity contribution in [3.8, 4) is 6.07 Å². The maximum absolute atomic E-state index is 12.3. The average Bonchev–Trinajstić information content (AvgIpc) is 2.55. The quantitative estimate of drug-likeness (QED) is 0.437. The van der Waals surface area contributed by atoms with Crippen LogP contribution in [0.4, 0.5) is 0 Å². The highest BCUT2D eigenvalue weighted by atomic mass is 16.1. The van der Waals surface area contributed by atoms with E-state index < -0.39 is 0 Å². The summed E-state index contributed by atoms with van der Waals surface area (Å²) in [5.41, 5.74) is 2.71. The van der Waals surface area contributed by atoms with Crippen molar-refractivity contribution in [1.82, 2.24) is 0 Å². The summed E-state index contributed by atoms with van der Waals surface area (Å²) in [7, 11) is 0. The summed E-state index contributed by atoms with van der Waals surface area (Å²) in [5, 5.41) is 8.67. The Morgan fingerprint density at radius 2 is 1.52 bits per heavy atom. The SMILES string of the molecule is N#CCCC/C(=C/C(=O)c1ccccc1)c1ccccc1. The van der Waals surface area contributed by atoms with Crippen molar-refractivity contribution in [3.63, 3.8) is 0 Å². The fourth-order valence-corrected chi connectivity index (χ4v) is 2.15. The van der Waals surface area contributed by atoms with Crippen LogP contribution in [0.25, 0.3) is 5.57 Å². The molecule has 104 valence electrons. The first-order valence-corrected chi connectivity index (χ1v) is 7.03. The second-order valence-corrected chi connectivity index (χ2v) is 4.78. The van der Waals surface area contributed by atoms with E-state index in [1.165, 1.54) is 0 Å². The third-order valence-electron chi connectivity index (χ3n) is 3.24. The van der Waals surface area contributed by atoms with Gasteiger partial charge in [-0.15, -0.1) is 0 Å². The standard InChI is InChI=1S/C19H17NO/c20-14-8-7-13-18(16-9-3-1-4-10-16)15-19(21)17-11-5-2-6-12-17/h1-6,9-12,15H,7-8,13H2/b18-15-. The Balaban J connectivity index is 2.24. The molecule has 0 amide bonds. The molecule has 0 spiro atoms. The van der Waals surface area contributed by atoms with Gasteiger partial charge in [0.2, 0.25) is 0 Å². The van der Waals surface area contributed by atoms with Crippen LogP contribution in [0.2, 0.25) is 0 Å². The Morgan fingerprint density at radius 1 is 0.952 bits per heavy atom. The maximum Gasteiger partial charge on any atom is 0.186 e. The van der Waals surface area contributed by atoms with Crippen molar-refractivity contribution in [2.45, 2.75) is 19.3 Å². The van der Waals surface area contributed by atoms with Crippen molar-refractivity contribution in [3.05, 3.63) is 77.9 Å². The van der Waals surface area contributed by atoms with E-state index in [1.807, 2.05) is 60.7 Å². The van der Waals surface area contributed by atoms with E-state index in [0.29, 0.717) is 12.0 Å². The van der Waals surface area contributed by atoms with E-state index in [4.69, 9.17) is 5.26 Å².